The molecule has 0 radical (unpaired) electrons. The number of aromatic nitrogens is 3. The molecule has 3 aromatic rings. The van der Waals surface area contributed by atoms with Crippen LogP contribution < -0.4 is 5.56 Å². The summed E-state index contributed by atoms with van der Waals surface area (Å²) in [4.78, 5) is 19.5. The van der Waals surface area contributed by atoms with Crippen molar-refractivity contribution in [2.24, 2.45) is 0 Å². The van der Waals surface area contributed by atoms with Gasteiger partial charge in [-0.2, -0.15) is 4.98 Å². The predicted molar refractivity (Wildman–Crippen MR) is 113 cm³/mol. The molecule has 1 aromatic carbocycles. The van der Waals surface area contributed by atoms with Gasteiger partial charge in [-0.25, -0.2) is 0 Å². The topological polar surface area (TPSA) is 71.8 Å². The van der Waals surface area contributed by atoms with Crippen molar-refractivity contribution in [1.82, 2.24) is 15.1 Å². The van der Waals surface area contributed by atoms with Crippen LogP contribution in [0.4, 0.5) is 0 Å². The molecule has 0 amide bonds. The molecule has 0 spiro atoms. The summed E-state index contributed by atoms with van der Waals surface area (Å²) in [7, 11) is 0. The molecule has 0 saturated heterocycles. The molecule has 0 bridgehead atoms. The highest BCUT2D eigenvalue weighted by molar-refractivity contribution is 5.54. The number of fused-ring (bicyclic) bond motifs is 1. The maximum Gasteiger partial charge on any atom is 0.259 e. The van der Waals surface area contributed by atoms with Crippen LogP contribution >= 0.6 is 0 Å². The Labute approximate surface area is 167 Å². The summed E-state index contributed by atoms with van der Waals surface area (Å²) in [6.45, 7) is 8.11. The van der Waals surface area contributed by atoms with Crippen molar-refractivity contribution < 1.29 is 4.52 Å². The monoisotopic (exact) mass is 381 g/mol. The number of benzene rings is 1. The summed E-state index contributed by atoms with van der Waals surface area (Å²) >= 11 is 0. The van der Waals surface area contributed by atoms with Crippen molar-refractivity contribution in [1.29, 1.82) is 0 Å². The molecule has 5 nitrogen and oxygen atoms in total. The highest BCUT2D eigenvalue weighted by Gasteiger charge is 2.18. The van der Waals surface area contributed by atoms with E-state index in [0.717, 1.165) is 31.4 Å². The van der Waals surface area contributed by atoms with E-state index < -0.39 is 0 Å². The highest BCUT2D eigenvalue weighted by atomic mass is 16.5. The summed E-state index contributed by atoms with van der Waals surface area (Å²) in [5.41, 5.74) is 2.67. The third-order valence-electron chi connectivity index (χ3n) is 4.72. The summed E-state index contributed by atoms with van der Waals surface area (Å²) in [5, 5.41) is 3.96. The molecule has 1 unspecified atom stereocenters. The van der Waals surface area contributed by atoms with E-state index in [2.05, 4.69) is 22.0 Å². The number of nitrogens with one attached hydrogen (secondary N) is 1. The van der Waals surface area contributed by atoms with Gasteiger partial charge in [0, 0.05) is 11.6 Å². The molecule has 1 atom stereocenters. The highest BCUT2D eigenvalue weighted by Crippen LogP contribution is 2.23. The quantitative estimate of drug-likeness (QED) is 0.647. The average Bonchev–Trinajstić information content (AvgIpc) is 3.26. The van der Waals surface area contributed by atoms with E-state index in [-0.39, 0.29) is 11.5 Å². The van der Waals surface area contributed by atoms with Crippen molar-refractivity contribution >= 4 is 0 Å². The number of aromatic amines is 1. The molecule has 1 aliphatic carbocycles. The van der Waals surface area contributed by atoms with Gasteiger partial charge in [-0.15, -0.1) is 0 Å². The van der Waals surface area contributed by atoms with Gasteiger partial charge < -0.3 is 9.51 Å². The molecule has 0 fully saturated rings. The van der Waals surface area contributed by atoms with Crippen LogP contribution in [0.15, 0.2) is 51.8 Å². The number of aryl methyl sites for hydroxylation is 2. The van der Waals surface area contributed by atoms with Crippen LogP contribution in [0.5, 0.6) is 0 Å². The molecular weight excluding hydrogens is 350 g/mol. The van der Waals surface area contributed by atoms with Gasteiger partial charge in [0.2, 0.25) is 11.7 Å². The Hall–Kier alpha value is -2.69. The third-order valence-corrected chi connectivity index (χ3v) is 4.72. The Balaban J connectivity index is 0.000000296. The van der Waals surface area contributed by atoms with Crippen molar-refractivity contribution in [2.45, 2.75) is 65.7 Å². The molecule has 0 aliphatic heterocycles. The maximum absolute atomic E-state index is 12.2. The van der Waals surface area contributed by atoms with Crippen LogP contribution in [0.3, 0.4) is 0 Å². The zero-order valence-electron chi connectivity index (χ0n) is 17.4. The first kappa shape index (κ1) is 21.6. The fourth-order valence-electron chi connectivity index (χ4n) is 2.95. The van der Waals surface area contributed by atoms with E-state index in [1.165, 1.54) is 12.0 Å². The standard InChI is InChI=1S/C15H19N3O2.C6H6.C2H6/c1-3-9(2)15-17-13(18-20-15)11-8-10-6-4-5-7-12(10)16-14(11)19;1-2-4-6-5-3-1;1-2/h8-9H,3-7H2,1-2H3,(H,16,19);1-6H;1-2H3. The van der Waals surface area contributed by atoms with Crippen LogP contribution in [0.1, 0.15) is 70.0 Å². The minimum atomic E-state index is -0.123. The summed E-state index contributed by atoms with van der Waals surface area (Å²) in [6, 6.07) is 13.9. The molecule has 28 heavy (non-hydrogen) atoms. The first-order chi connectivity index (χ1) is 13.7. The molecule has 4 rings (SSSR count). The number of hydrogen-bond acceptors (Lipinski definition) is 4. The van der Waals surface area contributed by atoms with E-state index in [9.17, 15) is 4.79 Å². The number of rotatable bonds is 3. The van der Waals surface area contributed by atoms with Crippen LogP contribution in [0.2, 0.25) is 0 Å². The van der Waals surface area contributed by atoms with Gasteiger partial charge in [0.05, 0.1) is 5.56 Å². The second-order valence-electron chi connectivity index (χ2n) is 6.64. The van der Waals surface area contributed by atoms with Gasteiger partial charge in [0.25, 0.3) is 5.56 Å². The fourth-order valence-corrected chi connectivity index (χ4v) is 2.95. The lowest BCUT2D eigenvalue weighted by molar-refractivity contribution is 0.357. The second-order valence-corrected chi connectivity index (χ2v) is 6.64. The maximum atomic E-state index is 12.2. The van der Waals surface area contributed by atoms with Gasteiger partial charge in [-0.3, -0.25) is 4.79 Å². The van der Waals surface area contributed by atoms with Crippen LogP contribution in [-0.4, -0.2) is 15.1 Å². The number of nitrogens with zero attached hydrogens (tertiary/aromatic N) is 2. The minimum Gasteiger partial charge on any atom is -0.339 e. The Bertz CT molecular complexity index is 858. The predicted octanol–water partition coefficient (Wildman–Crippen LogP) is 5.53. The number of hydrogen-bond donors (Lipinski definition) is 1. The van der Waals surface area contributed by atoms with E-state index in [0.29, 0.717) is 17.3 Å². The average molecular weight is 382 g/mol. The second kappa shape index (κ2) is 11.2. The zero-order valence-corrected chi connectivity index (χ0v) is 17.4. The third kappa shape index (κ3) is 5.65. The van der Waals surface area contributed by atoms with E-state index >= 15 is 0 Å². The molecular formula is C23H31N3O2. The Kier molecular flexibility index (Phi) is 8.66. The van der Waals surface area contributed by atoms with Gasteiger partial charge in [-0.05, 0) is 43.7 Å². The van der Waals surface area contributed by atoms with Crippen LogP contribution in [0, 0.1) is 0 Å². The summed E-state index contributed by atoms with van der Waals surface area (Å²) in [6.07, 6.45) is 5.21. The summed E-state index contributed by atoms with van der Waals surface area (Å²) < 4.78 is 5.26. The molecule has 5 heteroatoms. The first-order valence-corrected chi connectivity index (χ1v) is 10.3. The van der Waals surface area contributed by atoms with E-state index in [1.54, 1.807) is 0 Å². The van der Waals surface area contributed by atoms with Gasteiger partial charge >= 0.3 is 0 Å². The number of pyridine rings is 1. The molecule has 1 aliphatic rings. The molecule has 1 N–H and O–H groups in total. The SMILES string of the molecule is CC.CCC(C)c1nc(-c2cc3c([nH]c2=O)CCCC3)no1.c1ccccc1. The van der Waals surface area contributed by atoms with E-state index in [1.807, 2.05) is 63.2 Å². The largest absolute Gasteiger partial charge is 0.339 e. The zero-order chi connectivity index (χ0) is 20.4. The fraction of sp³-hybridized carbons (Fsp3) is 0.435. The Morgan fingerprint density at radius 2 is 1.68 bits per heavy atom. The lowest BCUT2D eigenvalue weighted by atomic mass is 9.95. The molecule has 0 saturated carbocycles. The smallest absolute Gasteiger partial charge is 0.259 e. The van der Waals surface area contributed by atoms with Gasteiger partial charge in [0.15, 0.2) is 0 Å². The van der Waals surface area contributed by atoms with Gasteiger partial charge in [-0.1, -0.05) is 69.2 Å². The normalized spacial score (nSPS) is 13.3. The molecule has 2 aromatic heterocycles. The van der Waals surface area contributed by atoms with Crippen molar-refractivity contribution in [3.63, 3.8) is 0 Å². The van der Waals surface area contributed by atoms with Crippen molar-refractivity contribution in [3.05, 3.63) is 70.0 Å². The van der Waals surface area contributed by atoms with E-state index in [4.69, 9.17) is 4.52 Å². The summed E-state index contributed by atoms with van der Waals surface area (Å²) in [5.74, 6) is 1.21. The van der Waals surface area contributed by atoms with Crippen LogP contribution in [-0.2, 0) is 12.8 Å². The number of H-pyrrole nitrogens is 1. The van der Waals surface area contributed by atoms with Gasteiger partial charge in [0.1, 0.15) is 0 Å². The lowest BCUT2D eigenvalue weighted by Crippen LogP contribution is -2.17. The van der Waals surface area contributed by atoms with Crippen molar-refractivity contribution in [3.8, 4) is 11.4 Å². The first-order valence-electron chi connectivity index (χ1n) is 10.3. The molecule has 2 heterocycles. The van der Waals surface area contributed by atoms with Crippen LogP contribution in [0.25, 0.3) is 11.4 Å². The molecule has 150 valence electrons. The Morgan fingerprint density at radius 1 is 1.07 bits per heavy atom. The van der Waals surface area contributed by atoms with Crippen molar-refractivity contribution in [2.75, 3.05) is 0 Å². The lowest BCUT2D eigenvalue weighted by Gasteiger charge is -2.15. The minimum absolute atomic E-state index is 0.123. The Morgan fingerprint density at radius 3 is 2.29 bits per heavy atom.